The summed E-state index contributed by atoms with van der Waals surface area (Å²) in [6, 6.07) is 7.56. The number of nitrogens with one attached hydrogen (secondary N) is 1. The lowest BCUT2D eigenvalue weighted by molar-refractivity contribution is 0.411. The second kappa shape index (κ2) is 3.76. The highest BCUT2D eigenvalue weighted by Crippen LogP contribution is 2.17. The molecule has 1 aromatic rings. The Morgan fingerprint density at radius 3 is 2.75 bits per heavy atom. The van der Waals surface area contributed by atoms with E-state index in [9.17, 15) is 0 Å². The summed E-state index contributed by atoms with van der Waals surface area (Å²) < 4.78 is 5.09. The number of methoxy groups -OCH3 is 1. The third-order valence-corrected chi connectivity index (χ3v) is 1.57. The van der Waals surface area contributed by atoms with Crippen LogP contribution in [-0.2, 0) is 6.42 Å². The van der Waals surface area contributed by atoms with Crippen molar-refractivity contribution in [2.45, 2.75) is 6.42 Å². The number of amidine groups is 1. The van der Waals surface area contributed by atoms with Crippen molar-refractivity contribution in [2.24, 2.45) is 5.73 Å². The smallest absolute Gasteiger partial charge is 0.122 e. The van der Waals surface area contributed by atoms with Crippen molar-refractivity contribution < 1.29 is 4.74 Å². The fraction of sp³-hybridized carbons (Fsp3) is 0.222. The lowest BCUT2D eigenvalue weighted by Crippen LogP contribution is -2.13. The van der Waals surface area contributed by atoms with Gasteiger partial charge in [-0.1, -0.05) is 18.2 Å². The summed E-state index contributed by atoms with van der Waals surface area (Å²) in [5.41, 5.74) is 6.23. The SMILES string of the molecule is COc1ccccc1CC(=N)N. The molecule has 3 heteroatoms. The van der Waals surface area contributed by atoms with Gasteiger partial charge in [0.1, 0.15) is 5.75 Å². The number of hydrogen-bond donors (Lipinski definition) is 2. The quantitative estimate of drug-likeness (QED) is 0.520. The van der Waals surface area contributed by atoms with E-state index in [4.69, 9.17) is 15.9 Å². The molecule has 0 aliphatic carbocycles. The second-order valence-electron chi connectivity index (χ2n) is 2.51. The molecule has 1 rings (SSSR count). The van der Waals surface area contributed by atoms with E-state index in [1.165, 1.54) is 0 Å². The van der Waals surface area contributed by atoms with Crippen molar-refractivity contribution in [3.8, 4) is 5.75 Å². The summed E-state index contributed by atoms with van der Waals surface area (Å²) in [5.74, 6) is 0.937. The highest BCUT2D eigenvalue weighted by Gasteiger charge is 2.01. The van der Waals surface area contributed by atoms with Gasteiger partial charge in [-0.05, 0) is 6.07 Å². The van der Waals surface area contributed by atoms with Gasteiger partial charge in [0.05, 0.1) is 12.9 Å². The number of ether oxygens (including phenoxy) is 1. The Bertz CT molecular complexity index is 284. The van der Waals surface area contributed by atoms with E-state index in [0.29, 0.717) is 6.42 Å². The first-order valence-corrected chi connectivity index (χ1v) is 3.69. The van der Waals surface area contributed by atoms with Crippen LogP contribution in [0, 0.1) is 5.41 Å². The molecule has 3 N–H and O–H groups in total. The minimum Gasteiger partial charge on any atom is -0.496 e. The van der Waals surface area contributed by atoms with Crippen molar-refractivity contribution in [3.05, 3.63) is 29.8 Å². The zero-order valence-corrected chi connectivity index (χ0v) is 7.00. The van der Waals surface area contributed by atoms with Crippen LogP contribution < -0.4 is 10.5 Å². The number of rotatable bonds is 3. The first kappa shape index (κ1) is 8.59. The van der Waals surface area contributed by atoms with Crippen LogP contribution in [0.25, 0.3) is 0 Å². The molecule has 0 amide bonds. The molecular formula is C9H12N2O. The molecule has 64 valence electrons. The fourth-order valence-corrected chi connectivity index (χ4v) is 1.05. The number of nitrogens with two attached hydrogens (primary N) is 1. The molecule has 0 bridgehead atoms. The van der Waals surface area contributed by atoms with Crippen molar-refractivity contribution in [1.82, 2.24) is 0 Å². The van der Waals surface area contributed by atoms with Crippen LogP contribution in [0.3, 0.4) is 0 Å². The summed E-state index contributed by atoms with van der Waals surface area (Å²) in [6.45, 7) is 0. The van der Waals surface area contributed by atoms with E-state index in [0.717, 1.165) is 11.3 Å². The zero-order valence-electron chi connectivity index (χ0n) is 7.00. The van der Waals surface area contributed by atoms with Crippen molar-refractivity contribution in [1.29, 1.82) is 5.41 Å². The minimum absolute atomic E-state index is 0.152. The number of benzene rings is 1. The number of hydrogen-bond acceptors (Lipinski definition) is 2. The van der Waals surface area contributed by atoms with E-state index in [2.05, 4.69) is 0 Å². The van der Waals surface area contributed by atoms with Crippen LogP contribution in [0.2, 0.25) is 0 Å². The molecule has 0 saturated carbocycles. The molecule has 0 radical (unpaired) electrons. The Hall–Kier alpha value is -1.51. The second-order valence-corrected chi connectivity index (χ2v) is 2.51. The molecule has 3 nitrogen and oxygen atoms in total. The van der Waals surface area contributed by atoms with Crippen molar-refractivity contribution in [3.63, 3.8) is 0 Å². The van der Waals surface area contributed by atoms with Gasteiger partial charge in [-0.25, -0.2) is 0 Å². The minimum atomic E-state index is 0.152. The summed E-state index contributed by atoms with van der Waals surface area (Å²) in [4.78, 5) is 0. The van der Waals surface area contributed by atoms with E-state index in [1.54, 1.807) is 7.11 Å². The van der Waals surface area contributed by atoms with Gasteiger partial charge in [-0.15, -0.1) is 0 Å². The van der Waals surface area contributed by atoms with E-state index in [1.807, 2.05) is 24.3 Å². The molecule has 12 heavy (non-hydrogen) atoms. The van der Waals surface area contributed by atoms with E-state index < -0.39 is 0 Å². The third kappa shape index (κ3) is 1.99. The first-order chi connectivity index (χ1) is 5.74. The molecular weight excluding hydrogens is 152 g/mol. The first-order valence-electron chi connectivity index (χ1n) is 3.69. The number of para-hydroxylation sites is 1. The molecule has 0 fully saturated rings. The van der Waals surface area contributed by atoms with Crippen LogP contribution >= 0.6 is 0 Å². The van der Waals surface area contributed by atoms with E-state index in [-0.39, 0.29) is 5.84 Å². The molecule has 0 saturated heterocycles. The highest BCUT2D eigenvalue weighted by atomic mass is 16.5. The lowest BCUT2D eigenvalue weighted by Gasteiger charge is -2.05. The molecule has 0 atom stereocenters. The van der Waals surface area contributed by atoms with E-state index >= 15 is 0 Å². The Labute approximate surface area is 71.7 Å². The maximum absolute atomic E-state index is 7.13. The standard InChI is InChI=1S/C9H12N2O/c1-12-8-5-3-2-4-7(8)6-9(10)11/h2-5H,6H2,1H3,(H3,10,11). The van der Waals surface area contributed by atoms with Crippen molar-refractivity contribution in [2.75, 3.05) is 7.11 Å². The van der Waals surface area contributed by atoms with Crippen LogP contribution in [0.15, 0.2) is 24.3 Å². The maximum Gasteiger partial charge on any atom is 0.122 e. The Kier molecular flexibility index (Phi) is 2.69. The summed E-state index contributed by atoms with van der Waals surface area (Å²) in [7, 11) is 1.61. The van der Waals surface area contributed by atoms with Gasteiger partial charge in [-0.2, -0.15) is 0 Å². The maximum atomic E-state index is 7.13. The largest absolute Gasteiger partial charge is 0.496 e. The summed E-state index contributed by atoms with van der Waals surface area (Å²) in [6.07, 6.45) is 0.448. The van der Waals surface area contributed by atoms with Gasteiger partial charge in [0.15, 0.2) is 0 Å². The van der Waals surface area contributed by atoms with Crippen LogP contribution in [0.4, 0.5) is 0 Å². The van der Waals surface area contributed by atoms with Gasteiger partial charge in [-0.3, -0.25) is 5.41 Å². The topological polar surface area (TPSA) is 59.1 Å². The normalized spacial score (nSPS) is 9.42. The molecule has 0 aliphatic heterocycles. The monoisotopic (exact) mass is 164 g/mol. The zero-order chi connectivity index (χ0) is 8.97. The predicted octanol–water partition coefficient (Wildman–Crippen LogP) is 1.17. The van der Waals surface area contributed by atoms with Crippen LogP contribution in [-0.4, -0.2) is 12.9 Å². The van der Waals surface area contributed by atoms with Gasteiger partial charge in [0, 0.05) is 12.0 Å². The Balaban J connectivity index is 2.89. The van der Waals surface area contributed by atoms with Crippen LogP contribution in [0.1, 0.15) is 5.56 Å². The Morgan fingerprint density at radius 1 is 1.50 bits per heavy atom. The van der Waals surface area contributed by atoms with Crippen molar-refractivity contribution >= 4 is 5.84 Å². The molecule has 0 heterocycles. The van der Waals surface area contributed by atoms with Crippen LogP contribution in [0.5, 0.6) is 5.75 Å². The lowest BCUT2D eigenvalue weighted by atomic mass is 10.1. The summed E-state index contributed by atoms with van der Waals surface area (Å²) in [5, 5.41) is 7.13. The van der Waals surface area contributed by atoms with Gasteiger partial charge in [0.2, 0.25) is 0 Å². The average molecular weight is 164 g/mol. The predicted molar refractivity (Wildman–Crippen MR) is 48.6 cm³/mol. The van der Waals surface area contributed by atoms with Gasteiger partial charge < -0.3 is 10.5 Å². The molecule has 0 spiro atoms. The third-order valence-electron chi connectivity index (χ3n) is 1.57. The molecule has 1 aromatic carbocycles. The Morgan fingerprint density at radius 2 is 2.17 bits per heavy atom. The molecule has 0 aromatic heterocycles. The molecule has 0 aliphatic rings. The van der Waals surface area contributed by atoms with Gasteiger partial charge in [0.25, 0.3) is 0 Å². The fourth-order valence-electron chi connectivity index (χ4n) is 1.05. The molecule has 0 unspecified atom stereocenters. The van der Waals surface area contributed by atoms with Gasteiger partial charge >= 0.3 is 0 Å². The average Bonchev–Trinajstić information content (AvgIpc) is 2.04. The summed E-state index contributed by atoms with van der Waals surface area (Å²) >= 11 is 0. The highest BCUT2D eigenvalue weighted by molar-refractivity contribution is 5.80.